The van der Waals surface area contributed by atoms with Gasteiger partial charge in [-0.2, -0.15) is 0 Å². The Hall–Kier alpha value is -2.20. The number of nitrogens with zero attached hydrogens (tertiary/aromatic N) is 2. The summed E-state index contributed by atoms with van der Waals surface area (Å²) in [6.45, 7) is 0.621. The lowest BCUT2D eigenvalue weighted by molar-refractivity contribution is 0.976. The quantitative estimate of drug-likeness (QED) is 0.734. The molecule has 0 spiro atoms. The van der Waals surface area contributed by atoms with Crippen LogP contribution in [0.4, 0.5) is 0 Å². The molecule has 0 aliphatic heterocycles. The number of benzene rings is 1. The van der Waals surface area contributed by atoms with Gasteiger partial charge in [0.05, 0.1) is 5.69 Å². The first kappa shape index (κ1) is 10.9. The predicted octanol–water partition coefficient (Wildman–Crippen LogP) is 2.13. The van der Waals surface area contributed by atoms with Crippen LogP contribution in [0.25, 0.3) is 22.3 Å². The van der Waals surface area contributed by atoms with E-state index in [-0.39, 0.29) is 0 Å². The minimum absolute atomic E-state index is 0.621. The fraction of sp³-hybridized carbons (Fsp3) is 0.143. The van der Waals surface area contributed by atoms with Gasteiger partial charge >= 0.3 is 0 Å². The molecule has 0 saturated heterocycles. The number of rotatable bonds is 3. The van der Waals surface area contributed by atoms with E-state index in [4.69, 9.17) is 5.73 Å². The molecule has 4 heteroatoms. The average molecular weight is 238 g/mol. The zero-order valence-electron chi connectivity index (χ0n) is 9.93. The third kappa shape index (κ3) is 1.76. The second-order valence-corrected chi connectivity index (χ2v) is 4.16. The third-order valence-electron chi connectivity index (χ3n) is 3.01. The van der Waals surface area contributed by atoms with Crippen molar-refractivity contribution in [3.05, 3.63) is 48.4 Å². The lowest BCUT2D eigenvalue weighted by Gasteiger charge is -2.04. The summed E-state index contributed by atoms with van der Waals surface area (Å²) in [6.07, 6.45) is 4.39. The number of fused-ring (bicyclic) bond motifs is 1. The van der Waals surface area contributed by atoms with Crippen molar-refractivity contribution in [2.75, 3.05) is 6.54 Å². The summed E-state index contributed by atoms with van der Waals surface area (Å²) in [7, 11) is 0. The minimum atomic E-state index is 0.621. The third-order valence-corrected chi connectivity index (χ3v) is 3.01. The summed E-state index contributed by atoms with van der Waals surface area (Å²) in [5.74, 6) is 0. The van der Waals surface area contributed by atoms with Gasteiger partial charge in [0.2, 0.25) is 0 Å². The Morgan fingerprint density at radius 2 is 1.94 bits per heavy atom. The molecule has 0 aliphatic carbocycles. The highest BCUT2D eigenvalue weighted by atomic mass is 14.9. The maximum atomic E-state index is 5.64. The van der Waals surface area contributed by atoms with Gasteiger partial charge in [0.15, 0.2) is 0 Å². The molecule has 3 aromatic rings. The Kier molecular flexibility index (Phi) is 2.78. The van der Waals surface area contributed by atoms with Crippen molar-refractivity contribution in [2.24, 2.45) is 5.73 Å². The number of nitrogens with two attached hydrogens (primary N) is 1. The van der Waals surface area contributed by atoms with E-state index < -0.39 is 0 Å². The number of nitrogens with one attached hydrogen (secondary N) is 1. The normalized spacial score (nSPS) is 10.9. The Morgan fingerprint density at radius 1 is 1.11 bits per heavy atom. The van der Waals surface area contributed by atoms with E-state index in [0.29, 0.717) is 6.54 Å². The lowest BCUT2D eigenvalue weighted by atomic mass is 10.1. The van der Waals surface area contributed by atoms with E-state index >= 15 is 0 Å². The molecule has 0 aliphatic rings. The molecular formula is C14H14N4. The molecule has 1 aromatic carbocycles. The number of hydrogen-bond acceptors (Lipinski definition) is 3. The van der Waals surface area contributed by atoms with Crippen LogP contribution in [0.15, 0.2) is 42.9 Å². The first-order chi connectivity index (χ1) is 8.90. The fourth-order valence-electron chi connectivity index (χ4n) is 2.19. The highest BCUT2D eigenvalue weighted by molar-refractivity contribution is 5.93. The molecule has 90 valence electrons. The molecule has 0 amide bonds. The Labute approximate surface area is 105 Å². The van der Waals surface area contributed by atoms with Crippen LogP contribution in [0.3, 0.4) is 0 Å². The molecule has 0 unspecified atom stereocenters. The number of aromatic amines is 1. The number of aromatic nitrogens is 3. The standard InChI is InChI=1S/C14H14N4/c15-7-6-11-8-16-14-12(11)13(17-9-18-14)10-4-2-1-3-5-10/h1-5,8-9H,6-7,15H2,(H,16,17,18). The highest BCUT2D eigenvalue weighted by Gasteiger charge is 2.11. The van der Waals surface area contributed by atoms with Crippen molar-refractivity contribution in [1.29, 1.82) is 0 Å². The van der Waals surface area contributed by atoms with Crippen LogP contribution in [0.5, 0.6) is 0 Å². The van der Waals surface area contributed by atoms with E-state index in [9.17, 15) is 0 Å². The average Bonchev–Trinajstić information content (AvgIpc) is 2.84. The summed E-state index contributed by atoms with van der Waals surface area (Å²) >= 11 is 0. The lowest BCUT2D eigenvalue weighted by Crippen LogP contribution is -2.02. The van der Waals surface area contributed by atoms with Crippen molar-refractivity contribution in [1.82, 2.24) is 15.0 Å². The molecule has 3 rings (SSSR count). The van der Waals surface area contributed by atoms with Crippen LogP contribution in [0.1, 0.15) is 5.56 Å². The Morgan fingerprint density at radius 3 is 2.72 bits per heavy atom. The monoisotopic (exact) mass is 238 g/mol. The van der Waals surface area contributed by atoms with Crippen molar-refractivity contribution in [3.8, 4) is 11.3 Å². The topological polar surface area (TPSA) is 67.6 Å². The molecule has 18 heavy (non-hydrogen) atoms. The number of hydrogen-bond donors (Lipinski definition) is 2. The van der Waals surface area contributed by atoms with Gasteiger partial charge in [0.25, 0.3) is 0 Å². The Bertz CT molecular complexity index is 658. The van der Waals surface area contributed by atoms with E-state index in [0.717, 1.165) is 28.7 Å². The van der Waals surface area contributed by atoms with Crippen molar-refractivity contribution in [3.63, 3.8) is 0 Å². The van der Waals surface area contributed by atoms with Gasteiger partial charge in [-0.15, -0.1) is 0 Å². The maximum absolute atomic E-state index is 5.64. The van der Waals surface area contributed by atoms with E-state index in [1.54, 1.807) is 6.33 Å². The molecular weight excluding hydrogens is 224 g/mol. The van der Waals surface area contributed by atoms with Gasteiger partial charge in [-0.25, -0.2) is 9.97 Å². The summed E-state index contributed by atoms with van der Waals surface area (Å²) in [4.78, 5) is 11.9. The molecule has 0 fully saturated rings. The van der Waals surface area contributed by atoms with Crippen molar-refractivity contribution >= 4 is 11.0 Å². The second kappa shape index (κ2) is 4.58. The predicted molar refractivity (Wildman–Crippen MR) is 72.1 cm³/mol. The van der Waals surface area contributed by atoms with Gasteiger partial charge in [-0.05, 0) is 18.5 Å². The van der Waals surface area contributed by atoms with Crippen molar-refractivity contribution in [2.45, 2.75) is 6.42 Å². The first-order valence-electron chi connectivity index (χ1n) is 5.96. The SMILES string of the molecule is NCCc1c[nH]c2ncnc(-c3ccccc3)c12. The molecule has 4 nitrogen and oxygen atoms in total. The van der Waals surface area contributed by atoms with Gasteiger partial charge in [0, 0.05) is 17.1 Å². The van der Waals surface area contributed by atoms with Crippen LogP contribution in [0, 0.1) is 0 Å². The van der Waals surface area contributed by atoms with Crippen LogP contribution >= 0.6 is 0 Å². The number of H-pyrrole nitrogens is 1. The van der Waals surface area contributed by atoms with Crippen LogP contribution < -0.4 is 5.73 Å². The molecule has 0 saturated carbocycles. The smallest absolute Gasteiger partial charge is 0.141 e. The van der Waals surface area contributed by atoms with E-state index in [1.807, 2.05) is 24.4 Å². The van der Waals surface area contributed by atoms with Gasteiger partial charge < -0.3 is 10.7 Å². The molecule has 3 N–H and O–H groups in total. The van der Waals surface area contributed by atoms with Gasteiger partial charge in [0.1, 0.15) is 12.0 Å². The summed E-state index contributed by atoms with van der Waals surface area (Å²) in [6, 6.07) is 10.1. The van der Waals surface area contributed by atoms with Crippen LogP contribution in [0.2, 0.25) is 0 Å². The zero-order valence-corrected chi connectivity index (χ0v) is 9.93. The maximum Gasteiger partial charge on any atom is 0.141 e. The van der Waals surface area contributed by atoms with Gasteiger partial charge in [-0.1, -0.05) is 30.3 Å². The summed E-state index contributed by atoms with van der Waals surface area (Å²) in [5, 5.41) is 1.08. The summed E-state index contributed by atoms with van der Waals surface area (Å²) in [5.41, 5.74) is 9.75. The second-order valence-electron chi connectivity index (χ2n) is 4.16. The Balaban J connectivity index is 2.25. The molecule has 0 bridgehead atoms. The molecule has 2 aromatic heterocycles. The molecule has 0 atom stereocenters. The fourth-order valence-corrected chi connectivity index (χ4v) is 2.19. The van der Waals surface area contributed by atoms with Crippen LogP contribution in [-0.2, 0) is 6.42 Å². The zero-order chi connectivity index (χ0) is 12.4. The van der Waals surface area contributed by atoms with E-state index in [1.165, 1.54) is 5.56 Å². The first-order valence-corrected chi connectivity index (χ1v) is 5.96. The van der Waals surface area contributed by atoms with Crippen molar-refractivity contribution < 1.29 is 0 Å². The molecule has 2 heterocycles. The minimum Gasteiger partial charge on any atom is -0.346 e. The van der Waals surface area contributed by atoms with Gasteiger partial charge in [-0.3, -0.25) is 0 Å². The summed E-state index contributed by atoms with van der Waals surface area (Å²) < 4.78 is 0. The highest BCUT2D eigenvalue weighted by Crippen LogP contribution is 2.27. The van der Waals surface area contributed by atoms with E-state index in [2.05, 4.69) is 27.1 Å². The molecule has 0 radical (unpaired) electrons. The largest absolute Gasteiger partial charge is 0.346 e. The van der Waals surface area contributed by atoms with Crippen LogP contribution in [-0.4, -0.2) is 21.5 Å².